The number of alkyl halides is 6. The molecule has 0 aliphatic carbocycles. The molecule has 0 saturated carbocycles. The molecule has 1 aromatic carbocycles. The largest absolute Gasteiger partial charge is 0.395 e. The maximum Gasteiger partial charge on any atom is 0.395 e. The van der Waals surface area contributed by atoms with Gasteiger partial charge < -0.3 is 4.90 Å². The number of unbranched alkanes of at least 4 members (excludes halogenated alkanes) is 4. The highest BCUT2D eigenvalue weighted by atomic mass is 19.3. The number of benzene rings is 1. The zero-order chi connectivity index (χ0) is 24.2. The van der Waals surface area contributed by atoms with E-state index in [-0.39, 0.29) is 12.8 Å². The molecule has 0 N–H and O–H groups in total. The quantitative estimate of drug-likeness (QED) is 0.0984. The average Bonchev–Trinajstić information content (AvgIpc) is 2.70. The lowest BCUT2D eigenvalue weighted by Gasteiger charge is -2.40. The van der Waals surface area contributed by atoms with E-state index >= 15 is 0 Å². The molecule has 12 heteroatoms. The van der Waals surface area contributed by atoms with Crippen LogP contribution < -0.4 is 4.90 Å². The summed E-state index contributed by atoms with van der Waals surface area (Å²) < 4.78 is 155. The summed E-state index contributed by atoms with van der Waals surface area (Å²) in [7, 11) is 0. The monoisotopic (exact) mass is 473 g/mol. The van der Waals surface area contributed by atoms with Gasteiger partial charge in [-0.05, 0) is 12.8 Å². The minimum atomic E-state index is -6.18. The summed E-state index contributed by atoms with van der Waals surface area (Å²) in [5.41, 5.74) is -2.39. The summed E-state index contributed by atoms with van der Waals surface area (Å²) in [5.74, 6) is -25.2. The maximum atomic E-state index is 14.7. The highest BCUT2D eigenvalue weighted by molar-refractivity contribution is 5.52. The van der Waals surface area contributed by atoms with Gasteiger partial charge in [-0.2, -0.15) is 26.3 Å². The molecule has 0 saturated heterocycles. The van der Waals surface area contributed by atoms with E-state index in [1.165, 1.54) is 6.92 Å². The van der Waals surface area contributed by atoms with E-state index in [2.05, 4.69) is 0 Å². The van der Waals surface area contributed by atoms with Gasteiger partial charge in [-0.25, -0.2) is 22.0 Å². The third-order valence-corrected chi connectivity index (χ3v) is 4.71. The molecular weight excluding hydrogens is 451 g/mol. The first kappa shape index (κ1) is 27.3. The fraction of sp³-hybridized carbons (Fsp3) is 0.684. The molecule has 0 spiro atoms. The van der Waals surface area contributed by atoms with E-state index < -0.39 is 83.4 Å². The standard InChI is InChI=1S/C19H22F11N/c1-3-5-7-8-9-17(25,26)18(27,28)19(29,30)31(10-6-4-2)16-14(23)12(21)11(20)13(22)15(16)24/h3-10H2,1-2H3. The van der Waals surface area contributed by atoms with Crippen molar-refractivity contribution in [1.29, 1.82) is 0 Å². The van der Waals surface area contributed by atoms with Crippen molar-refractivity contribution in [3.05, 3.63) is 29.1 Å². The van der Waals surface area contributed by atoms with Crippen LogP contribution in [0.25, 0.3) is 0 Å². The number of hydrogen-bond donors (Lipinski definition) is 0. The van der Waals surface area contributed by atoms with Gasteiger partial charge in [0.2, 0.25) is 5.82 Å². The molecule has 0 atom stereocenters. The van der Waals surface area contributed by atoms with Crippen molar-refractivity contribution in [3.8, 4) is 0 Å². The number of hydrogen-bond acceptors (Lipinski definition) is 1. The Kier molecular flexibility index (Phi) is 9.02. The van der Waals surface area contributed by atoms with Crippen LogP contribution in [0.4, 0.5) is 54.0 Å². The van der Waals surface area contributed by atoms with Crippen LogP contribution in [0, 0.1) is 29.1 Å². The van der Waals surface area contributed by atoms with Gasteiger partial charge in [-0.1, -0.05) is 39.5 Å². The van der Waals surface area contributed by atoms with Gasteiger partial charge in [0.25, 0.3) is 0 Å². The third kappa shape index (κ3) is 5.19. The molecule has 31 heavy (non-hydrogen) atoms. The second-order valence-corrected chi connectivity index (χ2v) is 7.05. The van der Waals surface area contributed by atoms with Gasteiger partial charge in [-0.15, -0.1) is 0 Å². The second-order valence-electron chi connectivity index (χ2n) is 7.05. The van der Waals surface area contributed by atoms with Gasteiger partial charge >= 0.3 is 17.9 Å². The Labute approximate surface area is 172 Å². The Morgan fingerprint density at radius 1 is 0.613 bits per heavy atom. The lowest BCUT2D eigenvalue weighted by Crippen LogP contribution is -2.63. The fourth-order valence-electron chi connectivity index (χ4n) is 2.86. The van der Waals surface area contributed by atoms with Crippen LogP contribution in [0.3, 0.4) is 0 Å². The lowest BCUT2D eigenvalue weighted by atomic mass is 10.00. The van der Waals surface area contributed by atoms with Crippen molar-refractivity contribution in [1.82, 2.24) is 0 Å². The summed E-state index contributed by atoms with van der Waals surface area (Å²) >= 11 is 0. The zero-order valence-electron chi connectivity index (χ0n) is 16.8. The maximum absolute atomic E-state index is 14.7. The van der Waals surface area contributed by atoms with Crippen molar-refractivity contribution >= 4 is 5.69 Å². The highest BCUT2D eigenvalue weighted by Gasteiger charge is 2.73. The van der Waals surface area contributed by atoms with Crippen LogP contribution in [0.15, 0.2) is 0 Å². The minimum Gasteiger partial charge on any atom is -0.303 e. The zero-order valence-corrected chi connectivity index (χ0v) is 16.8. The molecule has 0 unspecified atom stereocenters. The third-order valence-electron chi connectivity index (χ3n) is 4.71. The summed E-state index contributed by atoms with van der Waals surface area (Å²) in [6, 6.07) is -5.98. The van der Waals surface area contributed by atoms with Crippen LogP contribution in [-0.4, -0.2) is 24.4 Å². The molecular formula is C19H22F11N. The summed E-state index contributed by atoms with van der Waals surface area (Å²) in [4.78, 5) is -1.16. The van der Waals surface area contributed by atoms with Crippen molar-refractivity contribution in [2.24, 2.45) is 0 Å². The van der Waals surface area contributed by atoms with E-state index in [1.54, 1.807) is 6.92 Å². The van der Waals surface area contributed by atoms with Gasteiger partial charge in [0, 0.05) is 13.0 Å². The SMILES string of the molecule is CCCCCCC(F)(F)C(F)(F)C(F)(F)N(CCCC)c1c(F)c(F)c(F)c(F)c1F. The van der Waals surface area contributed by atoms with Crippen LogP contribution in [0.5, 0.6) is 0 Å². The number of nitrogens with zero attached hydrogens (tertiary/aromatic N) is 1. The van der Waals surface area contributed by atoms with E-state index in [9.17, 15) is 48.3 Å². The Morgan fingerprint density at radius 3 is 1.52 bits per heavy atom. The van der Waals surface area contributed by atoms with Crippen LogP contribution in [-0.2, 0) is 0 Å². The summed E-state index contributed by atoms with van der Waals surface area (Å²) in [6.07, 6.45) is -1.76. The van der Waals surface area contributed by atoms with E-state index in [0.29, 0.717) is 12.8 Å². The van der Waals surface area contributed by atoms with Crippen molar-refractivity contribution in [2.45, 2.75) is 76.7 Å². The Bertz CT molecular complexity index is 720. The molecule has 0 amide bonds. The van der Waals surface area contributed by atoms with E-state index in [1.807, 2.05) is 0 Å². The molecule has 180 valence electrons. The normalized spacial score (nSPS) is 13.1. The van der Waals surface area contributed by atoms with Crippen molar-refractivity contribution in [2.75, 3.05) is 11.4 Å². The van der Waals surface area contributed by atoms with E-state index in [0.717, 1.165) is 0 Å². The number of halogens is 11. The Morgan fingerprint density at radius 2 is 1.06 bits per heavy atom. The smallest absolute Gasteiger partial charge is 0.303 e. The summed E-state index contributed by atoms with van der Waals surface area (Å²) in [6.45, 7) is 1.66. The number of rotatable bonds is 12. The minimum absolute atomic E-state index is 0.0407. The molecule has 1 nitrogen and oxygen atoms in total. The first-order valence-electron chi connectivity index (χ1n) is 9.61. The first-order chi connectivity index (χ1) is 14.2. The van der Waals surface area contributed by atoms with Crippen molar-refractivity contribution < 1.29 is 48.3 Å². The van der Waals surface area contributed by atoms with Gasteiger partial charge in [0.05, 0.1) is 0 Å². The van der Waals surface area contributed by atoms with E-state index in [4.69, 9.17) is 0 Å². The fourth-order valence-corrected chi connectivity index (χ4v) is 2.86. The molecule has 0 aliphatic rings. The highest BCUT2D eigenvalue weighted by Crippen LogP contribution is 2.51. The molecule has 0 heterocycles. The number of anilines is 1. The Hall–Kier alpha value is -1.75. The van der Waals surface area contributed by atoms with Crippen LogP contribution in [0.2, 0.25) is 0 Å². The molecule has 0 aromatic heterocycles. The molecule has 0 bridgehead atoms. The predicted octanol–water partition coefficient (Wildman–Crippen LogP) is 7.82. The summed E-state index contributed by atoms with van der Waals surface area (Å²) in [5, 5.41) is 0. The van der Waals surface area contributed by atoms with Gasteiger partial charge in [-0.3, -0.25) is 0 Å². The molecule has 1 rings (SSSR count). The lowest BCUT2D eigenvalue weighted by molar-refractivity contribution is -0.310. The molecule has 1 aromatic rings. The predicted molar refractivity (Wildman–Crippen MR) is 92.1 cm³/mol. The van der Waals surface area contributed by atoms with Crippen LogP contribution >= 0.6 is 0 Å². The first-order valence-corrected chi connectivity index (χ1v) is 9.61. The van der Waals surface area contributed by atoms with Gasteiger partial charge in [0.15, 0.2) is 23.3 Å². The molecule has 0 fully saturated rings. The second kappa shape index (κ2) is 10.2. The Balaban J connectivity index is 3.54. The molecule has 0 aliphatic heterocycles. The average molecular weight is 473 g/mol. The van der Waals surface area contributed by atoms with Crippen molar-refractivity contribution in [3.63, 3.8) is 0 Å². The van der Waals surface area contributed by atoms with Gasteiger partial charge in [0.1, 0.15) is 5.69 Å². The molecule has 0 radical (unpaired) electrons. The van der Waals surface area contributed by atoms with Crippen LogP contribution in [0.1, 0.15) is 58.8 Å². The topological polar surface area (TPSA) is 3.24 Å².